The summed E-state index contributed by atoms with van der Waals surface area (Å²) in [6.45, 7) is 4.77. The Labute approximate surface area is 164 Å². The van der Waals surface area contributed by atoms with E-state index >= 15 is 0 Å². The Morgan fingerprint density at radius 1 is 1.33 bits per heavy atom. The number of hydrogen-bond acceptors (Lipinski definition) is 6. The number of thiazole rings is 1. The van der Waals surface area contributed by atoms with Crippen LogP contribution in [0.1, 0.15) is 29.6 Å². The second kappa shape index (κ2) is 8.39. The Balaban J connectivity index is 1.56. The van der Waals surface area contributed by atoms with Crippen molar-refractivity contribution in [2.45, 2.75) is 39.3 Å². The molecule has 146 valence electrons. The molecule has 1 fully saturated rings. The molecule has 0 bridgehead atoms. The van der Waals surface area contributed by atoms with Crippen molar-refractivity contribution in [1.29, 1.82) is 0 Å². The van der Waals surface area contributed by atoms with E-state index in [-0.39, 0.29) is 29.9 Å². The number of hydrogen-bond donors (Lipinski definition) is 0. The Kier molecular flexibility index (Phi) is 6.16. The minimum atomic E-state index is -3.01. The van der Waals surface area contributed by atoms with Gasteiger partial charge in [0.25, 0.3) is 0 Å². The molecule has 0 aliphatic carbocycles. The monoisotopic (exact) mass is 408 g/mol. The highest BCUT2D eigenvalue weighted by Crippen LogP contribution is 2.20. The van der Waals surface area contributed by atoms with Crippen LogP contribution in [0.25, 0.3) is 0 Å². The fraction of sp³-hybridized carbons (Fsp3) is 0.474. The van der Waals surface area contributed by atoms with Crippen molar-refractivity contribution >= 4 is 27.1 Å². The van der Waals surface area contributed by atoms with Crippen molar-refractivity contribution in [2.24, 2.45) is 0 Å². The van der Waals surface area contributed by atoms with Crippen molar-refractivity contribution in [3.8, 4) is 5.75 Å². The van der Waals surface area contributed by atoms with Crippen molar-refractivity contribution in [3.05, 3.63) is 45.9 Å². The zero-order valence-corrected chi connectivity index (χ0v) is 17.2. The van der Waals surface area contributed by atoms with E-state index in [4.69, 9.17) is 4.74 Å². The molecule has 1 atom stereocenters. The minimum absolute atomic E-state index is 0.0687. The van der Waals surface area contributed by atoms with Gasteiger partial charge in [-0.15, -0.1) is 11.3 Å². The molecular weight excluding hydrogens is 384 g/mol. The highest BCUT2D eigenvalue weighted by atomic mass is 32.2. The maximum Gasteiger partial charge on any atom is 0.228 e. The molecule has 0 spiro atoms. The van der Waals surface area contributed by atoms with Gasteiger partial charge in [-0.25, -0.2) is 13.4 Å². The molecule has 1 aromatic heterocycles. The van der Waals surface area contributed by atoms with Crippen molar-refractivity contribution in [1.82, 2.24) is 9.88 Å². The summed E-state index contributed by atoms with van der Waals surface area (Å²) in [7, 11) is -3.01. The molecule has 1 aliphatic rings. The first-order valence-corrected chi connectivity index (χ1v) is 11.7. The number of sulfone groups is 1. The van der Waals surface area contributed by atoms with Crippen LogP contribution < -0.4 is 4.74 Å². The lowest BCUT2D eigenvalue weighted by atomic mass is 10.2. The summed E-state index contributed by atoms with van der Waals surface area (Å²) >= 11 is 1.46. The molecule has 1 aromatic carbocycles. The molecule has 1 amide bonds. The molecule has 1 aliphatic heterocycles. The third kappa shape index (κ3) is 5.29. The Morgan fingerprint density at radius 3 is 2.70 bits per heavy atom. The SMILES string of the molecule is CCN(C(=O)Cc1csc(COc2ccc(C)cc2)n1)[C@H]1CCS(=O)(=O)C1. The lowest BCUT2D eigenvalue weighted by Crippen LogP contribution is -2.41. The molecule has 8 heteroatoms. The molecule has 2 heterocycles. The zero-order valence-electron chi connectivity index (χ0n) is 15.6. The van der Waals surface area contributed by atoms with Crippen LogP contribution in [0, 0.1) is 6.92 Å². The number of carbonyl (C=O) groups excluding carboxylic acids is 1. The summed E-state index contributed by atoms with van der Waals surface area (Å²) in [5, 5.41) is 2.68. The van der Waals surface area contributed by atoms with E-state index in [9.17, 15) is 13.2 Å². The van der Waals surface area contributed by atoms with Crippen LogP contribution in [0.5, 0.6) is 5.75 Å². The molecule has 0 unspecified atom stereocenters. The molecule has 0 saturated carbocycles. The van der Waals surface area contributed by atoms with Gasteiger partial charge in [-0.2, -0.15) is 0 Å². The third-order valence-electron chi connectivity index (χ3n) is 4.63. The van der Waals surface area contributed by atoms with Gasteiger partial charge in [-0.05, 0) is 32.4 Å². The van der Waals surface area contributed by atoms with E-state index in [0.717, 1.165) is 10.8 Å². The summed E-state index contributed by atoms with van der Waals surface area (Å²) in [6, 6.07) is 7.60. The predicted molar refractivity (Wildman–Crippen MR) is 106 cm³/mol. The van der Waals surface area contributed by atoms with Gasteiger partial charge >= 0.3 is 0 Å². The van der Waals surface area contributed by atoms with Crippen molar-refractivity contribution < 1.29 is 17.9 Å². The Hall–Kier alpha value is -1.93. The number of nitrogens with zero attached hydrogens (tertiary/aromatic N) is 2. The largest absolute Gasteiger partial charge is 0.486 e. The first-order valence-electron chi connectivity index (χ1n) is 8.99. The van der Waals surface area contributed by atoms with Gasteiger partial charge in [-0.3, -0.25) is 4.79 Å². The predicted octanol–water partition coefficient (Wildman–Crippen LogP) is 2.61. The van der Waals surface area contributed by atoms with E-state index in [1.54, 1.807) is 4.90 Å². The molecule has 3 rings (SSSR count). The maximum absolute atomic E-state index is 12.6. The molecule has 2 aromatic rings. The fourth-order valence-electron chi connectivity index (χ4n) is 3.19. The van der Waals surface area contributed by atoms with Gasteiger partial charge in [0.15, 0.2) is 9.84 Å². The van der Waals surface area contributed by atoms with Crippen molar-refractivity contribution in [2.75, 3.05) is 18.1 Å². The van der Waals surface area contributed by atoms with Crippen LogP contribution >= 0.6 is 11.3 Å². The summed E-state index contributed by atoms with van der Waals surface area (Å²) in [5.74, 6) is 0.946. The minimum Gasteiger partial charge on any atom is -0.486 e. The van der Waals surface area contributed by atoms with Gasteiger partial charge in [0.05, 0.1) is 23.6 Å². The van der Waals surface area contributed by atoms with Crippen LogP contribution in [0.3, 0.4) is 0 Å². The highest BCUT2D eigenvalue weighted by Gasteiger charge is 2.33. The summed E-state index contributed by atoms with van der Waals surface area (Å²) in [4.78, 5) is 18.8. The first-order chi connectivity index (χ1) is 12.9. The van der Waals surface area contributed by atoms with Crippen molar-refractivity contribution in [3.63, 3.8) is 0 Å². The zero-order chi connectivity index (χ0) is 19.4. The van der Waals surface area contributed by atoms with Gasteiger partial charge in [0.2, 0.25) is 5.91 Å². The van der Waals surface area contributed by atoms with Gasteiger partial charge in [0, 0.05) is 18.0 Å². The Morgan fingerprint density at radius 2 is 2.07 bits per heavy atom. The van der Waals surface area contributed by atoms with E-state index in [1.807, 2.05) is 43.5 Å². The second-order valence-electron chi connectivity index (χ2n) is 6.75. The summed E-state index contributed by atoms with van der Waals surface area (Å²) in [5.41, 5.74) is 1.87. The quantitative estimate of drug-likeness (QED) is 0.704. The Bertz CT molecular complexity index is 891. The number of benzene rings is 1. The van der Waals surface area contributed by atoms with Crippen LogP contribution in [0.15, 0.2) is 29.6 Å². The molecule has 6 nitrogen and oxygen atoms in total. The fourth-order valence-corrected chi connectivity index (χ4v) is 5.63. The standard InChI is InChI=1S/C19H24N2O4S2/c1-3-21(16-8-9-27(23,24)13-16)19(22)10-15-12-26-18(20-15)11-25-17-6-4-14(2)5-7-17/h4-7,12,16H,3,8-11,13H2,1-2H3/t16-/m0/s1. The summed E-state index contributed by atoms with van der Waals surface area (Å²) < 4.78 is 29.1. The van der Waals surface area contributed by atoms with E-state index in [2.05, 4.69) is 4.98 Å². The van der Waals surface area contributed by atoms with E-state index < -0.39 is 9.84 Å². The van der Waals surface area contributed by atoms with Crippen LogP contribution in [-0.2, 0) is 27.7 Å². The number of aryl methyl sites for hydroxylation is 1. The van der Waals surface area contributed by atoms with Crippen LogP contribution in [-0.4, -0.2) is 48.3 Å². The number of rotatable bonds is 7. The molecular formula is C19H24N2O4S2. The average molecular weight is 409 g/mol. The van der Waals surface area contributed by atoms with E-state index in [0.29, 0.717) is 25.3 Å². The number of likely N-dealkylation sites (N-methyl/N-ethyl adjacent to an activating group) is 1. The normalized spacial score (nSPS) is 18.4. The number of ether oxygens (including phenoxy) is 1. The van der Waals surface area contributed by atoms with E-state index in [1.165, 1.54) is 16.9 Å². The smallest absolute Gasteiger partial charge is 0.228 e. The third-order valence-corrected chi connectivity index (χ3v) is 7.25. The number of carbonyl (C=O) groups is 1. The van der Waals surface area contributed by atoms with Crippen LogP contribution in [0.2, 0.25) is 0 Å². The first kappa shape index (κ1) is 19.8. The molecule has 1 saturated heterocycles. The second-order valence-corrected chi connectivity index (χ2v) is 9.92. The maximum atomic E-state index is 12.6. The topological polar surface area (TPSA) is 76.6 Å². The van der Waals surface area contributed by atoms with Crippen LogP contribution in [0.4, 0.5) is 0 Å². The van der Waals surface area contributed by atoms with Gasteiger partial charge < -0.3 is 9.64 Å². The van der Waals surface area contributed by atoms with Gasteiger partial charge in [-0.1, -0.05) is 17.7 Å². The molecule has 27 heavy (non-hydrogen) atoms. The number of amides is 1. The highest BCUT2D eigenvalue weighted by molar-refractivity contribution is 7.91. The summed E-state index contributed by atoms with van der Waals surface area (Å²) in [6.07, 6.45) is 0.708. The lowest BCUT2D eigenvalue weighted by Gasteiger charge is -2.26. The molecule has 0 N–H and O–H groups in total. The lowest BCUT2D eigenvalue weighted by molar-refractivity contribution is -0.132. The molecule has 0 radical (unpaired) electrons. The number of aromatic nitrogens is 1. The van der Waals surface area contributed by atoms with Gasteiger partial charge in [0.1, 0.15) is 17.4 Å². The average Bonchev–Trinajstić information content (AvgIpc) is 3.21.